The Morgan fingerprint density at radius 1 is 1.40 bits per heavy atom. The van der Waals surface area contributed by atoms with Crippen LogP contribution in [0.4, 0.5) is 0 Å². The van der Waals surface area contributed by atoms with Crippen LogP contribution in [-0.2, 0) is 6.54 Å². The number of aromatic nitrogens is 2. The Hall–Kier alpha value is -1.88. The molecule has 1 aliphatic heterocycles. The van der Waals surface area contributed by atoms with E-state index in [-0.39, 0.29) is 5.56 Å². The van der Waals surface area contributed by atoms with Crippen molar-refractivity contribution in [1.29, 1.82) is 0 Å². The number of para-hydroxylation sites is 1. The van der Waals surface area contributed by atoms with Gasteiger partial charge in [-0.25, -0.2) is 9.78 Å². The van der Waals surface area contributed by atoms with Gasteiger partial charge in [0, 0.05) is 12.6 Å². The molecule has 2 aromatic rings. The minimum atomic E-state index is -0.923. The highest BCUT2D eigenvalue weighted by molar-refractivity contribution is 6.00. The number of carboxylic acids is 1. The van der Waals surface area contributed by atoms with Crippen LogP contribution in [0.15, 0.2) is 24.5 Å². The third-order valence-corrected chi connectivity index (χ3v) is 4.11. The first-order chi connectivity index (χ1) is 9.66. The molecule has 1 aliphatic rings. The summed E-state index contributed by atoms with van der Waals surface area (Å²) in [6.45, 7) is 5.39. The van der Waals surface area contributed by atoms with Crippen LogP contribution in [0.1, 0.15) is 30.1 Å². The Morgan fingerprint density at radius 2 is 2.15 bits per heavy atom. The SMILES string of the molecule is CC(Cn1cnc2c(C(=O)O)cccc21)N1CCCC1. The van der Waals surface area contributed by atoms with E-state index >= 15 is 0 Å². The molecule has 0 bridgehead atoms. The second-order valence-electron chi connectivity index (χ2n) is 5.47. The van der Waals surface area contributed by atoms with E-state index < -0.39 is 5.97 Å². The molecule has 20 heavy (non-hydrogen) atoms. The van der Waals surface area contributed by atoms with Crippen molar-refractivity contribution in [2.24, 2.45) is 0 Å². The maximum atomic E-state index is 11.2. The maximum absolute atomic E-state index is 11.2. The monoisotopic (exact) mass is 273 g/mol. The van der Waals surface area contributed by atoms with E-state index in [2.05, 4.69) is 21.4 Å². The highest BCUT2D eigenvalue weighted by Crippen LogP contribution is 2.19. The Labute approximate surface area is 117 Å². The van der Waals surface area contributed by atoms with Crippen molar-refractivity contribution < 1.29 is 9.90 Å². The zero-order chi connectivity index (χ0) is 14.1. The van der Waals surface area contributed by atoms with E-state index in [0.29, 0.717) is 11.6 Å². The summed E-state index contributed by atoms with van der Waals surface area (Å²) < 4.78 is 2.06. The predicted octanol–water partition coefficient (Wildman–Crippen LogP) is 2.22. The van der Waals surface area contributed by atoms with Crippen molar-refractivity contribution in [3.8, 4) is 0 Å². The van der Waals surface area contributed by atoms with Gasteiger partial charge in [-0.05, 0) is 45.0 Å². The largest absolute Gasteiger partial charge is 0.478 e. The van der Waals surface area contributed by atoms with E-state index in [0.717, 1.165) is 25.2 Å². The van der Waals surface area contributed by atoms with Crippen LogP contribution in [0.3, 0.4) is 0 Å². The molecule has 1 unspecified atom stereocenters. The average Bonchev–Trinajstić information content (AvgIpc) is 3.08. The summed E-state index contributed by atoms with van der Waals surface area (Å²) in [5.41, 5.74) is 1.75. The molecule has 106 valence electrons. The first-order valence-electron chi connectivity index (χ1n) is 7.08. The maximum Gasteiger partial charge on any atom is 0.337 e. The van der Waals surface area contributed by atoms with Crippen LogP contribution < -0.4 is 0 Å². The number of carbonyl (C=O) groups is 1. The van der Waals surface area contributed by atoms with Crippen molar-refractivity contribution in [2.75, 3.05) is 13.1 Å². The molecular weight excluding hydrogens is 254 g/mol. The number of nitrogens with zero attached hydrogens (tertiary/aromatic N) is 3. The molecule has 0 amide bonds. The summed E-state index contributed by atoms with van der Waals surface area (Å²) >= 11 is 0. The normalized spacial score (nSPS) is 17.6. The zero-order valence-corrected chi connectivity index (χ0v) is 11.6. The lowest BCUT2D eigenvalue weighted by Crippen LogP contribution is -2.33. The number of likely N-dealkylation sites (tertiary alicyclic amines) is 1. The number of aromatic carboxylic acids is 1. The number of benzene rings is 1. The molecular formula is C15H19N3O2. The molecule has 1 aromatic carbocycles. The van der Waals surface area contributed by atoms with Crippen molar-refractivity contribution in [3.05, 3.63) is 30.1 Å². The van der Waals surface area contributed by atoms with Gasteiger partial charge in [0.2, 0.25) is 0 Å². The highest BCUT2D eigenvalue weighted by atomic mass is 16.4. The van der Waals surface area contributed by atoms with Crippen LogP contribution in [0.2, 0.25) is 0 Å². The number of carboxylic acid groups (broad SMARTS) is 1. The molecule has 1 aromatic heterocycles. The van der Waals surface area contributed by atoms with Gasteiger partial charge in [-0.15, -0.1) is 0 Å². The Balaban J connectivity index is 1.89. The standard InChI is InChI=1S/C15H19N3O2/c1-11(17-7-2-3-8-17)9-18-10-16-14-12(15(19)20)5-4-6-13(14)18/h4-6,10-11H,2-3,7-9H2,1H3,(H,19,20). The lowest BCUT2D eigenvalue weighted by Gasteiger charge is -2.24. The smallest absolute Gasteiger partial charge is 0.337 e. The van der Waals surface area contributed by atoms with Gasteiger partial charge in [-0.2, -0.15) is 0 Å². The van der Waals surface area contributed by atoms with Crippen molar-refractivity contribution >= 4 is 17.0 Å². The van der Waals surface area contributed by atoms with E-state index in [1.54, 1.807) is 18.5 Å². The Bertz CT molecular complexity index is 629. The molecule has 1 fully saturated rings. The van der Waals surface area contributed by atoms with Crippen molar-refractivity contribution in [2.45, 2.75) is 32.4 Å². The molecule has 5 heteroatoms. The molecule has 1 saturated heterocycles. The zero-order valence-electron chi connectivity index (χ0n) is 11.6. The Morgan fingerprint density at radius 3 is 2.85 bits per heavy atom. The molecule has 1 N–H and O–H groups in total. The molecule has 0 spiro atoms. The van der Waals surface area contributed by atoms with Crippen LogP contribution in [0.25, 0.3) is 11.0 Å². The number of hydrogen-bond donors (Lipinski definition) is 1. The molecule has 0 aliphatic carbocycles. The molecule has 1 atom stereocenters. The lowest BCUT2D eigenvalue weighted by molar-refractivity contribution is 0.0699. The summed E-state index contributed by atoms with van der Waals surface area (Å²) in [4.78, 5) is 18.0. The molecule has 3 rings (SSSR count). The summed E-state index contributed by atoms with van der Waals surface area (Å²) in [7, 11) is 0. The number of imidazole rings is 1. The van der Waals surface area contributed by atoms with Gasteiger partial charge in [-0.3, -0.25) is 4.90 Å². The predicted molar refractivity (Wildman–Crippen MR) is 77.0 cm³/mol. The van der Waals surface area contributed by atoms with Crippen molar-refractivity contribution in [3.63, 3.8) is 0 Å². The van der Waals surface area contributed by atoms with Gasteiger partial charge < -0.3 is 9.67 Å². The van der Waals surface area contributed by atoms with E-state index in [1.165, 1.54) is 12.8 Å². The van der Waals surface area contributed by atoms with Crippen LogP contribution >= 0.6 is 0 Å². The minimum Gasteiger partial charge on any atom is -0.478 e. The fraction of sp³-hybridized carbons (Fsp3) is 0.467. The summed E-state index contributed by atoms with van der Waals surface area (Å²) in [6.07, 6.45) is 4.31. The number of hydrogen-bond acceptors (Lipinski definition) is 3. The molecule has 0 saturated carbocycles. The van der Waals surface area contributed by atoms with E-state index in [1.807, 2.05) is 6.07 Å². The summed E-state index contributed by atoms with van der Waals surface area (Å²) in [5.74, 6) is -0.923. The second-order valence-corrected chi connectivity index (χ2v) is 5.47. The Kier molecular flexibility index (Phi) is 3.44. The first-order valence-corrected chi connectivity index (χ1v) is 7.08. The summed E-state index contributed by atoms with van der Waals surface area (Å²) in [5, 5.41) is 9.19. The third kappa shape index (κ3) is 2.29. The fourth-order valence-electron chi connectivity index (χ4n) is 2.99. The topological polar surface area (TPSA) is 58.4 Å². The number of fused-ring (bicyclic) bond motifs is 1. The number of rotatable bonds is 4. The molecule has 5 nitrogen and oxygen atoms in total. The second kappa shape index (κ2) is 5.25. The average molecular weight is 273 g/mol. The molecule has 2 heterocycles. The van der Waals surface area contributed by atoms with Gasteiger partial charge in [0.25, 0.3) is 0 Å². The first kappa shape index (κ1) is 13.1. The van der Waals surface area contributed by atoms with Crippen LogP contribution in [0, 0.1) is 0 Å². The van der Waals surface area contributed by atoms with E-state index in [9.17, 15) is 9.90 Å². The lowest BCUT2D eigenvalue weighted by atomic mass is 10.2. The van der Waals surface area contributed by atoms with Crippen LogP contribution in [0.5, 0.6) is 0 Å². The van der Waals surface area contributed by atoms with E-state index in [4.69, 9.17) is 0 Å². The third-order valence-electron chi connectivity index (χ3n) is 4.11. The van der Waals surface area contributed by atoms with Crippen LogP contribution in [-0.4, -0.2) is 44.7 Å². The molecule has 0 radical (unpaired) electrons. The van der Waals surface area contributed by atoms with Crippen molar-refractivity contribution in [1.82, 2.24) is 14.5 Å². The van der Waals surface area contributed by atoms with Gasteiger partial charge in [-0.1, -0.05) is 6.07 Å². The summed E-state index contributed by atoms with van der Waals surface area (Å²) in [6, 6.07) is 5.77. The highest BCUT2D eigenvalue weighted by Gasteiger charge is 2.19. The van der Waals surface area contributed by atoms with Gasteiger partial charge in [0.15, 0.2) is 0 Å². The fourth-order valence-corrected chi connectivity index (χ4v) is 2.99. The quantitative estimate of drug-likeness (QED) is 0.928. The van der Waals surface area contributed by atoms with Gasteiger partial charge in [0.05, 0.1) is 17.4 Å². The van der Waals surface area contributed by atoms with Gasteiger partial charge >= 0.3 is 5.97 Å². The van der Waals surface area contributed by atoms with Gasteiger partial charge in [0.1, 0.15) is 5.52 Å². The minimum absolute atomic E-state index is 0.273.